The zero-order valence-corrected chi connectivity index (χ0v) is 10.8. The molecule has 1 amide bonds. The number of thioether (sulfide) groups is 1. The van der Waals surface area contributed by atoms with Gasteiger partial charge in [-0.2, -0.15) is 0 Å². The van der Waals surface area contributed by atoms with E-state index < -0.39 is 16.9 Å². The second-order valence-electron chi connectivity index (χ2n) is 3.62. The van der Waals surface area contributed by atoms with E-state index in [2.05, 4.69) is 5.32 Å². The van der Waals surface area contributed by atoms with Crippen LogP contribution in [0.25, 0.3) is 0 Å². The van der Waals surface area contributed by atoms with Gasteiger partial charge in [0.25, 0.3) is 0 Å². The second-order valence-corrected chi connectivity index (χ2v) is 4.95. The minimum Gasteiger partial charge on any atom is -0.358 e. The van der Waals surface area contributed by atoms with E-state index in [1.54, 1.807) is 6.92 Å². The Labute approximate surface area is 108 Å². The Bertz CT molecular complexity index is 465. The zero-order chi connectivity index (χ0) is 13.7. The lowest BCUT2D eigenvalue weighted by Crippen LogP contribution is -2.23. The van der Waals surface area contributed by atoms with Crippen molar-refractivity contribution in [2.75, 3.05) is 12.8 Å². The average Bonchev–Trinajstić information content (AvgIpc) is 2.37. The van der Waals surface area contributed by atoms with Crippen LogP contribution in [-0.2, 0) is 4.79 Å². The van der Waals surface area contributed by atoms with Crippen LogP contribution in [0.1, 0.15) is 17.3 Å². The van der Waals surface area contributed by atoms with Gasteiger partial charge in [-0.25, -0.2) is 8.78 Å². The molecule has 0 spiro atoms. The Morgan fingerprint density at radius 1 is 1.33 bits per heavy atom. The van der Waals surface area contributed by atoms with Crippen molar-refractivity contribution < 1.29 is 18.4 Å². The SMILES string of the molecule is CNC(=O)CSC(C)C(=O)c1ccc(F)c(F)c1. The number of rotatable bonds is 5. The first kappa shape index (κ1) is 14.6. The number of carbonyl (C=O) groups excluding carboxylic acids is 2. The van der Waals surface area contributed by atoms with E-state index in [0.29, 0.717) is 0 Å². The average molecular weight is 273 g/mol. The first-order valence-corrected chi connectivity index (χ1v) is 6.32. The van der Waals surface area contributed by atoms with Crippen molar-refractivity contribution in [3.05, 3.63) is 35.4 Å². The van der Waals surface area contributed by atoms with Crippen LogP contribution in [-0.4, -0.2) is 29.7 Å². The third-order valence-electron chi connectivity index (χ3n) is 2.32. The Morgan fingerprint density at radius 3 is 2.56 bits per heavy atom. The molecule has 3 nitrogen and oxygen atoms in total. The van der Waals surface area contributed by atoms with Crippen LogP contribution < -0.4 is 5.32 Å². The zero-order valence-electron chi connectivity index (χ0n) is 10.00. The third kappa shape index (κ3) is 3.80. The molecule has 18 heavy (non-hydrogen) atoms. The number of Topliss-reactive ketones (excluding diaryl/α,β-unsaturated/α-hetero) is 1. The number of nitrogens with one attached hydrogen (secondary N) is 1. The van der Waals surface area contributed by atoms with Gasteiger partial charge in [0.05, 0.1) is 11.0 Å². The van der Waals surface area contributed by atoms with Gasteiger partial charge in [0.2, 0.25) is 5.91 Å². The summed E-state index contributed by atoms with van der Waals surface area (Å²) in [4.78, 5) is 22.9. The molecule has 98 valence electrons. The van der Waals surface area contributed by atoms with E-state index in [0.717, 1.165) is 23.9 Å². The second kappa shape index (κ2) is 6.49. The van der Waals surface area contributed by atoms with Gasteiger partial charge in [0, 0.05) is 12.6 Å². The molecule has 0 aliphatic heterocycles. The van der Waals surface area contributed by atoms with E-state index in [9.17, 15) is 18.4 Å². The van der Waals surface area contributed by atoms with Crippen molar-refractivity contribution in [3.8, 4) is 0 Å². The normalized spacial score (nSPS) is 12.0. The van der Waals surface area contributed by atoms with Gasteiger partial charge in [0.15, 0.2) is 17.4 Å². The standard InChI is InChI=1S/C12H13F2NO2S/c1-7(18-6-11(16)15-2)12(17)8-3-4-9(13)10(14)5-8/h3-5,7H,6H2,1-2H3,(H,15,16). The van der Waals surface area contributed by atoms with Crippen molar-refractivity contribution in [3.63, 3.8) is 0 Å². The van der Waals surface area contributed by atoms with Gasteiger partial charge in [-0.05, 0) is 25.1 Å². The lowest BCUT2D eigenvalue weighted by atomic mass is 10.1. The van der Waals surface area contributed by atoms with Crippen molar-refractivity contribution in [1.29, 1.82) is 0 Å². The quantitative estimate of drug-likeness (QED) is 0.835. The molecule has 0 aromatic heterocycles. The summed E-state index contributed by atoms with van der Waals surface area (Å²) >= 11 is 1.14. The number of amides is 1. The van der Waals surface area contributed by atoms with E-state index in [-0.39, 0.29) is 23.0 Å². The van der Waals surface area contributed by atoms with Gasteiger partial charge >= 0.3 is 0 Å². The van der Waals surface area contributed by atoms with Crippen molar-refractivity contribution in [1.82, 2.24) is 5.32 Å². The molecule has 0 aliphatic rings. The maximum absolute atomic E-state index is 13.0. The monoisotopic (exact) mass is 273 g/mol. The molecule has 0 bridgehead atoms. The highest BCUT2D eigenvalue weighted by Gasteiger charge is 2.18. The van der Waals surface area contributed by atoms with Crippen molar-refractivity contribution in [2.45, 2.75) is 12.2 Å². The number of hydrogen-bond acceptors (Lipinski definition) is 3. The summed E-state index contributed by atoms with van der Waals surface area (Å²) in [5, 5.41) is 1.94. The third-order valence-corrected chi connectivity index (χ3v) is 3.46. The van der Waals surface area contributed by atoms with Gasteiger partial charge in [-0.15, -0.1) is 11.8 Å². The molecule has 1 N–H and O–H groups in total. The molecule has 1 aromatic carbocycles. The molecular weight excluding hydrogens is 260 g/mol. The predicted molar refractivity (Wildman–Crippen MR) is 66.7 cm³/mol. The molecule has 0 saturated heterocycles. The van der Waals surface area contributed by atoms with Gasteiger partial charge < -0.3 is 5.32 Å². The number of ketones is 1. The summed E-state index contributed by atoms with van der Waals surface area (Å²) in [7, 11) is 1.50. The summed E-state index contributed by atoms with van der Waals surface area (Å²) < 4.78 is 25.7. The Balaban J connectivity index is 2.68. The molecular formula is C12H13F2NO2S. The van der Waals surface area contributed by atoms with E-state index in [1.165, 1.54) is 13.1 Å². The smallest absolute Gasteiger partial charge is 0.229 e. The highest BCUT2D eigenvalue weighted by molar-refractivity contribution is 8.01. The Hall–Kier alpha value is -1.43. The van der Waals surface area contributed by atoms with Crippen LogP contribution in [0.5, 0.6) is 0 Å². The summed E-state index contributed by atoms with van der Waals surface area (Å²) in [6.07, 6.45) is 0. The minimum atomic E-state index is -1.05. The molecule has 0 aliphatic carbocycles. The highest BCUT2D eigenvalue weighted by atomic mass is 32.2. The van der Waals surface area contributed by atoms with Gasteiger partial charge in [-0.3, -0.25) is 9.59 Å². The van der Waals surface area contributed by atoms with Crippen LogP contribution in [0.2, 0.25) is 0 Å². The molecule has 1 rings (SSSR count). The molecule has 0 fully saturated rings. The minimum absolute atomic E-state index is 0.103. The highest BCUT2D eigenvalue weighted by Crippen LogP contribution is 2.17. The fraction of sp³-hybridized carbons (Fsp3) is 0.333. The molecule has 1 unspecified atom stereocenters. The number of hydrogen-bond donors (Lipinski definition) is 1. The number of carbonyl (C=O) groups is 2. The summed E-state index contributed by atoms with van der Waals surface area (Å²) in [5.74, 6) is -2.41. The largest absolute Gasteiger partial charge is 0.358 e. The molecule has 0 heterocycles. The predicted octanol–water partition coefficient (Wildman–Crippen LogP) is 2.02. The molecule has 6 heteroatoms. The van der Waals surface area contributed by atoms with Crippen LogP contribution in [0.4, 0.5) is 8.78 Å². The first-order valence-electron chi connectivity index (χ1n) is 5.27. The van der Waals surface area contributed by atoms with Crippen LogP contribution in [0, 0.1) is 11.6 Å². The maximum atomic E-state index is 13.0. The maximum Gasteiger partial charge on any atom is 0.229 e. The van der Waals surface area contributed by atoms with E-state index in [4.69, 9.17) is 0 Å². The lowest BCUT2D eigenvalue weighted by molar-refractivity contribution is -0.118. The summed E-state index contributed by atoms with van der Waals surface area (Å²) in [5.41, 5.74) is 0.103. The van der Waals surface area contributed by atoms with Crippen molar-refractivity contribution in [2.24, 2.45) is 0 Å². The molecule has 0 saturated carbocycles. The fourth-order valence-corrected chi connectivity index (χ4v) is 2.07. The van der Waals surface area contributed by atoms with E-state index >= 15 is 0 Å². The Kier molecular flexibility index (Phi) is 5.27. The molecule has 1 atom stereocenters. The summed E-state index contributed by atoms with van der Waals surface area (Å²) in [6, 6.07) is 3.02. The number of halogens is 2. The van der Waals surface area contributed by atoms with Crippen molar-refractivity contribution >= 4 is 23.5 Å². The molecule has 1 aromatic rings. The Morgan fingerprint density at radius 2 is 2.00 bits per heavy atom. The van der Waals surface area contributed by atoms with E-state index in [1.807, 2.05) is 0 Å². The van der Waals surface area contributed by atoms with Gasteiger partial charge in [-0.1, -0.05) is 0 Å². The first-order chi connectivity index (χ1) is 8.45. The van der Waals surface area contributed by atoms with Crippen LogP contribution in [0.3, 0.4) is 0 Å². The van der Waals surface area contributed by atoms with Crippen LogP contribution >= 0.6 is 11.8 Å². The topological polar surface area (TPSA) is 46.2 Å². The number of benzene rings is 1. The fourth-order valence-electron chi connectivity index (χ4n) is 1.23. The lowest BCUT2D eigenvalue weighted by Gasteiger charge is -2.09. The van der Waals surface area contributed by atoms with Crippen LogP contribution in [0.15, 0.2) is 18.2 Å². The molecule has 0 radical (unpaired) electrons. The van der Waals surface area contributed by atoms with Gasteiger partial charge in [0.1, 0.15) is 0 Å². The summed E-state index contributed by atoms with van der Waals surface area (Å²) in [6.45, 7) is 1.62.